The van der Waals surface area contributed by atoms with E-state index in [4.69, 9.17) is 4.74 Å². The third-order valence-electron chi connectivity index (χ3n) is 6.82. The van der Waals surface area contributed by atoms with Crippen LogP contribution < -0.4 is 0 Å². The average Bonchev–Trinajstić information content (AvgIpc) is 3.49. The second-order valence-corrected chi connectivity index (χ2v) is 10.4. The first kappa shape index (κ1) is 24.3. The minimum absolute atomic E-state index is 0.00653. The molecule has 3 aliphatic rings. The first-order valence-electron chi connectivity index (χ1n) is 11.4. The number of carboxylic acids is 1. The summed E-state index contributed by atoms with van der Waals surface area (Å²) in [5.41, 5.74) is 0.00653. The summed E-state index contributed by atoms with van der Waals surface area (Å²) in [4.78, 5) is 45.1. The molecule has 1 aromatic rings. The topological polar surface area (TPSA) is 125 Å². The number of amides is 2. The predicted octanol–water partition coefficient (Wildman–Crippen LogP) is 1.93. The number of ether oxygens (including phenoxy) is 1. The Morgan fingerprint density at radius 3 is 2.82 bits per heavy atom. The summed E-state index contributed by atoms with van der Waals surface area (Å²) in [6, 6.07) is -0.431. The summed E-state index contributed by atoms with van der Waals surface area (Å²) in [5.74, 6) is -2.30. The number of thioether (sulfide) groups is 1. The molecule has 34 heavy (non-hydrogen) atoms. The number of nitrogens with zero attached hydrogens (tertiary/aromatic N) is 4. The highest BCUT2D eigenvalue weighted by Gasteiger charge is 2.60. The van der Waals surface area contributed by atoms with Crippen molar-refractivity contribution in [2.75, 3.05) is 13.2 Å². The number of carbonyl (C=O) groups is 3. The van der Waals surface area contributed by atoms with Crippen LogP contribution in [0, 0.1) is 11.8 Å². The van der Waals surface area contributed by atoms with Gasteiger partial charge in [0, 0.05) is 47.6 Å². The van der Waals surface area contributed by atoms with Crippen LogP contribution in [-0.2, 0) is 20.9 Å². The molecule has 0 saturated carbocycles. The molecule has 0 radical (unpaired) electrons. The number of fused-ring (bicyclic) bond motifs is 1. The fourth-order valence-electron chi connectivity index (χ4n) is 5.24. The third kappa shape index (κ3) is 4.34. The summed E-state index contributed by atoms with van der Waals surface area (Å²) in [7, 11) is 0. The summed E-state index contributed by atoms with van der Waals surface area (Å²) in [6.07, 6.45) is 6.93. The zero-order valence-electron chi connectivity index (χ0n) is 19.2. The molecule has 4 rings (SSSR count). The van der Waals surface area contributed by atoms with Crippen molar-refractivity contribution in [1.82, 2.24) is 19.4 Å². The quantitative estimate of drug-likeness (QED) is 0.397. The van der Waals surface area contributed by atoms with Gasteiger partial charge in [-0.1, -0.05) is 19.6 Å². The number of imidazole rings is 1. The van der Waals surface area contributed by atoms with Crippen molar-refractivity contribution in [3.05, 3.63) is 42.0 Å². The largest absolute Gasteiger partial charge is 0.477 e. The number of likely N-dealkylation sites (tertiary alicyclic amines) is 1. The van der Waals surface area contributed by atoms with Crippen LogP contribution in [0.1, 0.15) is 26.7 Å². The molecule has 4 heterocycles. The fourth-order valence-corrected chi connectivity index (χ4v) is 6.81. The highest BCUT2D eigenvalue weighted by atomic mass is 32.2. The maximum atomic E-state index is 12.7. The van der Waals surface area contributed by atoms with Crippen LogP contribution in [0.25, 0.3) is 0 Å². The zero-order valence-corrected chi connectivity index (χ0v) is 20.1. The molecule has 2 fully saturated rings. The van der Waals surface area contributed by atoms with Gasteiger partial charge in [-0.05, 0) is 19.8 Å². The molecule has 2 N–H and O–H groups in total. The Bertz CT molecular complexity index is 994. The molecular weight excluding hydrogens is 460 g/mol. The lowest BCUT2D eigenvalue weighted by Crippen LogP contribution is -2.63. The SMILES string of the molecule is C=CCOC(=O)N1C[C@@H](SC2=C(C(=O)O)N3C(=O)[C@H]([C@@H](C)O)[C@H]3[C@H]2C)C[C@@H]1CCn1ccnc1. The molecule has 0 aromatic carbocycles. The van der Waals surface area contributed by atoms with E-state index >= 15 is 0 Å². The highest BCUT2D eigenvalue weighted by Crippen LogP contribution is 2.52. The number of aliphatic carboxylic acids is 1. The van der Waals surface area contributed by atoms with Gasteiger partial charge in [0.25, 0.3) is 0 Å². The fraction of sp³-hybridized carbons (Fsp3) is 0.565. The molecule has 0 bridgehead atoms. The van der Waals surface area contributed by atoms with Crippen molar-refractivity contribution in [2.24, 2.45) is 11.8 Å². The smallest absolute Gasteiger partial charge is 0.410 e. The molecule has 2 saturated heterocycles. The van der Waals surface area contributed by atoms with Crippen LogP contribution in [0.3, 0.4) is 0 Å². The molecule has 0 spiro atoms. The van der Waals surface area contributed by atoms with Crippen LogP contribution in [0.5, 0.6) is 0 Å². The van der Waals surface area contributed by atoms with Gasteiger partial charge in [0.1, 0.15) is 12.3 Å². The second-order valence-electron chi connectivity index (χ2n) is 9.01. The molecule has 11 heteroatoms. The van der Waals surface area contributed by atoms with E-state index < -0.39 is 24.1 Å². The van der Waals surface area contributed by atoms with Gasteiger partial charge < -0.3 is 29.3 Å². The normalized spacial score (nSPS) is 29.1. The Hall–Kier alpha value is -2.79. The highest BCUT2D eigenvalue weighted by molar-refractivity contribution is 8.03. The number of hydrogen-bond acceptors (Lipinski definition) is 7. The number of aliphatic hydroxyl groups is 1. The zero-order chi connectivity index (χ0) is 24.6. The number of carbonyl (C=O) groups excluding carboxylic acids is 2. The van der Waals surface area contributed by atoms with E-state index in [0.29, 0.717) is 30.8 Å². The third-order valence-corrected chi connectivity index (χ3v) is 8.31. The van der Waals surface area contributed by atoms with Crippen molar-refractivity contribution in [1.29, 1.82) is 0 Å². The van der Waals surface area contributed by atoms with Gasteiger partial charge in [0.05, 0.1) is 24.4 Å². The van der Waals surface area contributed by atoms with Gasteiger partial charge >= 0.3 is 12.1 Å². The van der Waals surface area contributed by atoms with Crippen molar-refractivity contribution < 1.29 is 29.3 Å². The lowest BCUT2D eigenvalue weighted by molar-refractivity contribution is -0.163. The Morgan fingerprint density at radius 1 is 1.44 bits per heavy atom. The summed E-state index contributed by atoms with van der Waals surface area (Å²) < 4.78 is 7.24. The molecule has 184 valence electrons. The number of aliphatic hydroxyl groups excluding tert-OH is 1. The van der Waals surface area contributed by atoms with Crippen LogP contribution in [0.2, 0.25) is 0 Å². The molecule has 2 amide bonds. The van der Waals surface area contributed by atoms with Crippen molar-refractivity contribution in [3.8, 4) is 0 Å². The van der Waals surface area contributed by atoms with Gasteiger partial charge in [0.2, 0.25) is 5.91 Å². The lowest BCUT2D eigenvalue weighted by atomic mass is 9.79. The minimum atomic E-state index is -1.15. The number of hydrogen-bond donors (Lipinski definition) is 2. The Morgan fingerprint density at radius 2 is 2.21 bits per heavy atom. The molecule has 1 aromatic heterocycles. The molecule has 0 aliphatic carbocycles. The Kier molecular flexibility index (Phi) is 7.04. The van der Waals surface area contributed by atoms with E-state index in [0.717, 1.165) is 0 Å². The van der Waals surface area contributed by atoms with Gasteiger partial charge in [-0.25, -0.2) is 14.6 Å². The average molecular weight is 491 g/mol. The number of carboxylic acid groups (broad SMARTS) is 1. The van der Waals surface area contributed by atoms with E-state index in [1.165, 1.54) is 22.7 Å². The standard InChI is InChI=1S/C23H30N4O6S/c1-4-9-33-23(32)26-11-16(10-15(26)5-7-25-8-6-24-12-25)34-20-13(2)18-17(14(3)28)21(29)27(18)19(20)22(30)31/h4,6,8,12-18,28H,1,5,7,9-11H2,2-3H3,(H,30,31)/t13-,14-,15+,16+,17-,18-/m1/s1. The van der Waals surface area contributed by atoms with E-state index in [-0.39, 0.29) is 41.5 Å². The molecular formula is C23H30N4O6S. The maximum Gasteiger partial charge on any atom is 0.410 e. The number of aromatic nitrogens is 2. The minimum Gasteiger partial charge on any atom is -0.477 e. The van der Waals surface area contributed by atoms with Crippen LogP contribution >= 0.6 is 11.8 Å². The molecule has 6 atom stereocenters. The van der Waals surface area contributed by atoms with Crippen molar-refractivity contribution in [3.63, 3.8) is 0 Å². The molecule has 3 aliphatic heterocycles. The van der Waals surface area contributed by atoms with Gasteiger partial charge in [0.15, 0.2) is 0 Å². The summed E-state index contributed by atoms with van der Waals surface area (Å²) in [6.45, 7) is 8.27. The second kappa shape index (κ2) is 9.83. The number of aryl methyl sites for hydroxylation is 1. The van der Waals surface area contributed by atoms with Crippen LogP contribution in [0.15, 0.2) is 42.0 Å². The lowest BCUT2D eigenvalue weighted by Gasteiger charge is -2.46. The first-order valence-corrected chi connectivity index (χ1v) is 12.3. The molecule has 10 nitrogen and oxygen atoms in total. The molecule has 0 unspecified atom stereocenters. The van der Waals surface area contributed by atoms with Crippen LogP contribution in [-0.4, -0.2) is 84.1 Å². The Labute approximate surface area is 202 Å². The predicted molar refractivity (Wildman–Crippen MR) is 125 cm³/mol. The van der Waals surface area contributed by atoms with E-state index in [2.05, 4.69) is 11.6 Å². The first-order chi connectivity index (χ1) is 16.2. The number of β-lactam (4-membered cyclic amide) rings is 1. The van der Waals surface area contributed by atoms with Crippen LogP contribution in [0.4, 0.5) is 4.79 Å². The maximum absolute atomic E-state index is 12.7. The van der Waals surface area contributed by atoms with E-state index in [1.807, 2.05) is 17.7 Å². The van der Waals surface area contributed by atoms with E-state index in [9.17, 15) is 24.6 Å². The van der Waals surface area contributed by atoms with Crippen molar-refractivity contribution in [2.45, 2.75) is 56.7 Å². The number of rotatable bonds is 9. The van der Waals surface area contributed by atoms with E-state index in [1.54, 1.807) is 24.3 Å². The summed E-state index contributed by atoms with van der Waals surface area (Å²) >= 11 is 1.43. The van der Waals surface area contributed by atoms with Crippen molar-refractivity contribution >= 4 is 29.7 Å². The monoisotopic (exact) mass is 490 g/mol. The van der Waals surface area contributed by atoms with Gasteiger partial charge in [-0.3, -0.25) is 4.79 Å². The van der Waals surface area contributed by atoms with Gasteiger partial charge in [-0.2, -0.15) is 0 Å². The van der Waals surface area contributed by atoms with Gasteiger partial charge in [-0.15, -0.1) is 11.8 Å². The Balaban J connectivity index is 1.52. The summed E-state index contributed by atoms with van der Waals surface area (Å²) in [5, 5.41) is 19.9.